The van der Waals surface area contributed by atoms with E-state index < -0.39 is 5.97 Å². The monoisotopic (exact) mass is 406 g/mol. The largest absolute Gasteiger partial charge is 0.477 e. The summed E-state index contributed by atoms with van der Waals surface area (Å²) in [6, 6.07) is 8.53. The van der Waals surface area contributed by atoms with Crippen LogP contribution in [0.4, 0.5) is 5.69 Å². The van der Waals surface area contributed by atoms with Crippen LogP contribution in [-0.2, 0) is 12.5 Å². The van der Waals surface area contributed by atoms with Crippen molar-refractivity contribution >= 4 is 23.4 Å². The predicted octanol–water partition coefficient (Wildman–Crippen LogP) is 6.13. The maximum atomic E-state index is 12.0. The molecule has 6 rings (SSSR count). The number of thioether (sulfide) groups is 1. The number of nitrogens with zero attached hydrogens (tertiary/aromatic N) is 2. The zero-order valence-electron chi connectivity index (χ0n) is 16.9. The number of aromatic carboxylic acids is 1. The van der Waals surface area contributed by atoms with Crippen molar-refractivity contribution in [2.45, 2.75) is 49.0 Å². The van der Waals surface area contributed by atoms with Crippen molar-refractivity contribution in [2.24, 2.45) is 24.8 Å². The van der Waals surface area contributed by atoms with Crippen LogP contribution in [0.15, 0.2) is 29.3 Å². The number of benzene rings is 1. The number of hydrogen-bond donors (Lipinski definition) is 1. The van der Waals surface area contributed by atoms with Crippen molar-refractivity contribution in [1.29, 1.82) is 0 Å². The number of carboxylic acid groups (broad SMARTS) is 1. The van der Waals surface area contributed by atoms with E-state index in [4.69, 9.17) is 6.57 Å². The SMILES string of the molecule is [C-]#[N+]c1c(-c2ccc(C34CC5CC(CC(C5)C3)C4)cc2)c(C(=O)O)n(C)c1SC. The Bertz CT molecular complexity index is 993. The van der Waals surface area contributed by atoms with Crippen molar-refractivity contribution in [2.75, 3.05) is 6.26 Å². The topological polar surface area (TPSA) is 46.6 Å². The van der Waals surface area contributed by atoms with Gasteiger partial charge in [-0.25, -0.2) is 9.64 Å². The highest BCUT2D eigenvalue weighted by Gasteiger charge is 2.51. The van der Waals surface area contributed by atoms with Crippen LogP contribution in [0.3, 0.4) is 0 Å². The van der Waals surface area contributed by atoms with E-state index in [1.807, 2.05) is 6.26 Å². The molecular formula is C24H26N2O2S. The second-order valence-corrected chi connectivity index (χ2v) is 10.1. The van der Waals surface area contributed by atoms with Gasteiger partial charge in [-0.3, -0.25) is 0 Å². The van der Waals surface area contributed by atoms with E-state index >= 15 is 0 Å². The molecule has 1 N–H and O–H groups in total. The Kier molecular flexibility index (Phi) is 4.33. The third-order valence-corrected chi connectivity index (χ3v) is 8.50. The maximum absolute atomic E-state index is 12.0. The van der Waals surface area contributed by atoms with Crippen LogP contribution in [0.5, 0.6) is 0 Å². The summed E-state index contributed by atoms with van der Waals surface area (Å²) in [4.78, 5) is 15.7. The molecule has 2 aromatic rings. The van der Waals surface area contributed by atoms with Crippen LogP contribution in [0.1, 0.15) is 54.6 Å². The number of rotatable bonds is 4. The van der Waals surface area contributed by atoms with Gasteiger partial charge in [-0.15, -0.1) is 11.8 Å². The first kappa shape index (κ1) is 18.8. The Labute approximate surface area is 176 Å². The van der Waals surface area contributed by atoms with E-state index in [1.165, 1.54) is 55.9 Å². The molecule has 0 radical (unpaired) electrons. The molecule has 0 unspecified atom stereocenters. The molecule has 150 valence electrons. The Morgan fingerprint density at radius 2 is 1.69 bits per heavy atom. The van der Waals surface area contributed by atoms with E-state index in [0.717, 1.165) is 23.3 Å². The van der Waals surface area contributed by atoms with Gasteiger partial charge < -0.3 is 9.67 Å². The minimum atomic E-state index is -0.988. The van der Waals surface area contributed by atoms with E-state index in [2.05, 4.69) is 29.1 Å². The van der Waals surface area contributed by atoms with Gasteiger partial charge in [0.25, 0.3) is 0 Å². The van der Waals surface area contributed by atoms with Crippen LogP contribution in [0, 0.1) is 24.3 Å². The van der Waals surface area contributed by atoms with Crippen molar-refractivity contribution in [3.63, 3.8) is 0 Å². The number of aromatic nitrogens is 1. The average molecular weight is 407 g/mol. The zero-order valence-corrected chi connectivity index (χ0v) is 17.8. The minimum absolute atomic E-state index is 0.197. The van der Waals surface area contributed by atoms with Gasteiger partial charge in [-0.2, -0.15) is 0 Å². The second kappa shape index (κ2) is 6.67. The molecule has 4 fully saturated rings. The fourth-order valence-electron chi connectivity index (χ4n) is 6.96. The fraction of sp³-hybridized carbons (Fsp3) is 0.500. The lowest BCUT2D eigenvalue weighted by molar-refractivity contribution is -0.00518. The Balaban J connectivity index is 1.57. The van der Waals surface area contributed by atoms with Crippen LogP contribution in [0.2, 0.25) is 0 Å². The third-order valence-electron chi connectivity index (χ3n) is 7.65. The molecule has 29 heavy (non-hydrogen) atoms. The number of carboxylic acids is 1. The number of carbonyl (C=O) groups is 1. The molecule has 0 amide bonds. The first-order chi connectivity index (χ1) is 14.0. The smallest absolute Gasteiger partial charge is 0.351 e. The van der Waals surface area contributed by atoms with Crippen molar-refractivity contribution < 1.29 is 9.90 Å². The van der Waals surface area contributed by atoms with Crippen LogP contribution < -0.4 is 0 Å². The predicted molar refractivity (Wildman–Crippen MR) is 116 cm³/mol. The molecular weight excluding hydrogens is 380 g/mol. The fourth-order valence-corrected chi connectivity index (χ4v) is 7.67. The Morgan fingerprint density at radius 1 is 1.14 bits per heavy atom. The van der Waals surface area contributed by atoms with Gasteiger partial charge in [-0.1, -0.05) is 24.3 Å². The van der Waals surface area contributed by atoms with Crippen LogP contribution in [0.25, 0.3) is 16.0 Å². The van der Waals surface area contributed by atoms with Gasteiger partial charge in [0.2, 0.25) is 5.69 Å². The molecule has 0 saturated heterocycles. The highest BCUT2D eigenvalue weighted by atomic mass is 32.2. The minimum Gasteiger partial charge on any atom is -0.477 e. The molecule has 4 saturated carbocycles. The van der Waals surface area contributed by atoms with Gasteiger partial charge in [-0.05, 0) is 79.1 Å². The quantitative estimate of drug-likeness (QED) is 0.491. The lowest BCUT2D eigenvalue weighted by atomic mass is 9.48. The molecule has 1 aromatic heterocycles. The highest BCUT2D eigenvalue weighted by molar-refractivity contribution is 7.98. The summed E-state index contributed by atoms with van der Waals surface area (Å²) in [5.74, 6) is 1.70. The van der Waals surface area contributed by atoms with Crippen LogP contribution >= 0.6 is 11.8 Å². The van der Waals surface area contributed by atoms with Gasteiger partial charge in [0.15, 0.2) is 0 Å². The molecule has 4 aliphatic rings. The molecule has 1 aromatic carbocycles. The lowest BCUT2D eigenvalue weighted by Gasteiger charge is -2.57. The van der Waals surface area contributed by atoms with Gasteiger partial charge >= 0.3 is 5.97 Å². The van der Waals surface area contributed by atoms with Crippen molar-refractivity contribution in [1.82, 2.24) is 4.57 Å². The van der Waals surface area contributed by atoms with Crippen LogP contribution in [-0.4, -0.2) is 21.9 Å². The summed E-state index contributed by atoms with van der Waals surface area (Å²) in [6.45, 7) is 7.65. The molecule has 5 heteroatoms. The molecule has 4 nitrogen and oxygen atoms in total. The van der Waals surface area contributed by atoms with Crippen molar-refractivity contribution in [3.05, 3.63) is 46.9 Å². The van der Waals surface area contributed by atoms with E-state index in [9.17, 15) is 9.90 Å². The molecule has 4 aliphatic carbocycles. The van der Waals surface area contributed by atoms with Gasteiger partial charge in [0, 0.05) is 12.6 Å². The summed E-state index contributed by atoms with van der Waals surface area (Å²) < 4.78 is 1.64. The third kappa shape index (κ3) is 2.76. The summed E-state index contributed by atoms with van der Waals surface area (Å²) in [5.41, 5.74) is 3.77. The molecule has 0 aliphatic heterocycles. The summed E-state index contributed by atoms with van der Waals surface area (Å²) in [6.07, 6.45) is 10.1. The van der Waals surface area contributed by atoms with Gasteiger partial charge in [0.1, 0.15) is 5.69 Å². The lowest BCUT2D eigenvalue weighted by Crippen LogP contribution is -2.48. The average Bonchev–Trinajstić information content (AvgIpc) is 2.98. The molecule has 0 atom stereocenters. The van der Waals surface area contributed by atoms with E-state index in [0.29, 0.717) is 21.7 Å². The van der Waals surface area contributed by atoms with E-state index in [-0.39, 0.29) is 5.69 Å². The first-order valence-electron chi connectivity index (χ1n) is 10.4. The highest BCUT2D eigenvalue weighted by Crippen LogP contribution is 2.60. The number of hydrogen-bond acceptors (Lipinski definition) is 2. The summed E-state index contributed by atoms with van der Waals surface area (Å²) >= 11 is 1.42. The maximum Gasteiger partial charge on any atom is 0.351 e. The molecule has 1 heterocycles. The normalized spacial score (nSPS) is 29.8. The Hall–Kier alpha value is -2.19. The summed E-state index contributed by atoms with van der Waals surface area (Å²) in [5, 5.41) is 10.5. The Morgan fingerprint density at radius 3 is 2.14 bits per heavy atom. The van der Waals surface area contributed by atoms with E-state index in [1.54, 1.807) is 11.6 Å². The van der Waals surface area contributed by atoms with Gasteiger partial charge in [0.05, 0.1) is 11.6 Å². The zero-order chi connectivity index (χ0) is 20.3. The van der Waals surface area contributed by atoms with Crippen molar-refractivity contribution in [3.8, 4) is 11.1 Å². The second-order valence-electron chi connectivity index (χ2n) is 9.33. The first-order valence-corrected chi connectivity index (χ1v) is 11.7. The standard InChI is InChI=1S/C24H26N2O2S/c1-25-20-19(21(23(27)28)26(2)22(20)29-3)17-4-6-18(7-5-17)24-11-14-8-15(12-24)10-16(9-14)13-24/h4-7,14-16H,8-13H2,2-3H3,(H,27,28). The molecule has 0 spiro atoms. The summed E-state index contributed by atoms with van der Waals surface area (Å²) in [7, 11) is 1.73. The molecule has 4 bridgehead atoms.